The first-order valence-corrected chi connectivity index (χ1v) is 8.96. The summed E-state index contributed by atoms with van der Waals surface area (Å²) in [6.07, 6.45) is 0. The zero-order valence-corrected chi connectivity index (χ0v) is 15.0. The number of nitrogens with one attached hydrogen (secondary N) is 1. The van der Waals surface area contributed by atoms with Gasteiger partial charge in [0, 0.05) is 24.7 Å². The molecule has 2 aromatic carbocycles. The topological polar surface area (TPSA) is 50.3 Å². The highest BCUT2D eigenvalue weighted by Gasteiger charge is 2.16. The van der Waals surface area contributed by atoms with Crippen LogP contribution in [-0.4, -0.2) is 36.3 Å². The van der Waals surface area contributed by atoms with E-state index in [-0.39, 0.29) is 0 Å². The third-order valence-electron chi connectivity index (χ3n) is 4.24. The second-order valence-corrected chi connectivity index (χ2v) is 6.41. The Hall–Kier alpha value is -2.63. The highest BCUT2D eigenvalue weighted by atomic mass is 35.5. The SMILES string of the molecule is Clc1ccccc1Nc1nc(-c2ccccc2)cc(N2CCOCC2)n1. The zero-order valence-electron chi connectivity index (χ0n) is 14.2. The molecule has 4 rings (SSSR count). The smallest absolute Gasteiger partial charge is 0.229 e. The number of nitrogens with zero attached hydrogens (tertiary/aromatic N) is 3. The number of aromatic nitrogens is 2. The molecule has 2 heterocycles. The molecular weight excluding hydrogens is 348 g/mol. The Labute approximate surface area is 157 Å². The molecule has 0 radical (unpaired) electrons. The molecule has 1 aromatic heterocycles. The standard InChI is InChI=1S/C20H19ClN4O/c21-16-8-4-5-9-17(16)22-20-23-18(15-6-2-1-3-7-15)14-19(24-20)25-10-12-26-13-11-25/h1-9,14H,10-13H2,(H,22,23,24). The number of hydrogen-bond donors (Lipinski definition) is 1. The van der Waals surface area contributed by atoms with Gasteiger partial charge in [-0.05, 0) is 12.1 Å². The second kappa shape index (κ2) is 7.72. The van der Waals surface area contributed by atoms with Gasteiger partial charge in [-0.1, -0.05) is 54.1 Å². The molecule has 3 aromatic rings. The van der Waals surface area contributed by atoms with Crippen LogP contribution in [0.15, 0.2) is 60.7 Å². The molecular formula is C20H19ClN4O. The summed E-state index contributed by atoms with van der Waals surface area (Å²) in [5.74, 6) is 1.41. The number of morpholine rings is 1. The highest BCUT2D eigenvalue weighted by Crippen LogP contribution is 2.27. The van der Waals surface area contributed by atoms with Crippen LogP contribution in [0.5, 0.6) is 0 Å². The summed E-state index contributed by atoms with van der Waals surface area (Å²) in [4.78, 5) is 11.6. The number of benzene rings is 2. The van der Waals surface area contributed by atoms with Crippen molar-refractivity contribution in [1.29, 1.82) is 0 Å². The number of para-hydroxylation sites is 1. The van der Waals surface area contributed by atoms with Gasteiger partial charge < -0.3 is 15.0 Å². The minimum absolute atomic E-state index is 0.529. The van der Waals surface area contributed by atoms with Gasteiger partial charge in [0.2, 0.25) is 5.95 Å². The van der Waals surface area contributed by atoms with E-state index in [9.17, 15) is 0 Å². The summed E-state index contributed by atoms with van der Waals surface area (Å²) in [5, 5.41) is 3.88. The van der Waals surface area contributed by atoms with Crippen LogP contribution in [-0.2, 0) is 4.74 Å². The van der Waals surface area contributed by atoms with E-state index in [0.29, 0.717) is 24.2 Å². The van der Waals surface area contributed by atoms with Gasteiger partial charge in [0.25, 0.3) is 0 Å². The van der Waals surface area contributed by atoms with Crippen molar-refractivity contribution >= 4 is 29.1 Å². The largest absolute Gasteiger partial charge is 0.378 e. The molecule has 0 atom stereocenters. The molecule has 0 unspecified atom stereocenters. The molecule has 5 nitrogen and oxygen atoms in total. The fourth-order valence-corrected chi connectivity index (χ4v) is 3.07. The first kappa shape index (κ1) is 16.8. The zero-order chi connectivity index (χ0) is 17.8. The van der Waals surface area contributed by atoms with E-state index in [1.54, 1.807) is 0 Å². The number of anilines is 3. The highest BCUT2D eigenvalue weighted by molar-refractivity contribution is 6.33. The van der Waals surface area contributed by atoms with Gasteiger partial charge >= 0.3 is 0 Å². The van der Waals surface area contributed by atoms with Crippen LogP contribution in [0, 0.1) is 0 Å². The van der Waals surface area contributed by atoms with E-state index in [1.807, 2.05) is 60.7 Å². The third-order valence-corrected chi connectivity index (χ3v) is 4.57. The van der Waals surface area contributed by atoms with Crippen molar-refractivity contribution in [2.75, 3.05) is 36.5 Å². The molecule has 26 heavy (non-hydrogen) atoms. The van der Waals surface area contributed by atoms with Crippen LogP contribution in [0.25, 0.3) is 11.3 Å². The lowest BCUT2D eigenvalue weighted by molar-refractivity contribution is 0.122. The van der Waals surface area contributed by atoms with Gasteiger partial charge in [-0.2, -0.15) is 4.98 Å². The average Bonchev–Trinajstić information content (AvgIpc) is 2.71. The lowest BCUT2D eigenvalue weighted by Crippen LogP contribution is -2.36. The molecule has 1 aliphatic heterocycles. The molecule has 0 spiro atoms. The number of ether oxygens (including phenoxy) is 1. The molecule has 0 saturated carbocycles. The third kappa shape index (κ3) is 3.79. The fraction of sp³-hybridized carbons (Fsp3) is 0.200. The van der Waals surface area contributed by atoms with Gasteiger partial charge in [-0.25, -0.2) is 4.98 Å². The maximum absolute atomic E-state index is 6.27. The fourth-order valence-electron chi connectivity index (χ4n) is 2.88. The van der Waals surface area contributed by atoms with Gasteiger partial charge in [0.15, 0.2) is 0 Å². The van der Waals surface area contributed by atoms with Crippen LogP contribution in [0.4, 0.5) is 17.5 Å². The van der Waals surface area contributed by atoms with E-state index in [2.05, 4.69) is 10.2 Å². The first-order chi connectivity index (χ1) is 12.8. The Morgan fingerprint density at radius 2 is 1.65 bits per heavy atom. The Morgan fingerprint density at radius 3 is 2.42 bits per heavy atom. The van der Waals surface area contributed by atoms with Crippen LogP contribution >= 0.6 is 11.6 Å². The van der Waals surface area contributed by atoms with E-state index >= 15 is 0 Å². The summed E-state index contributed by atoms with van der Waals surface area (Å²) >= 11 is 6.27. The maximum atomic E-state index is 6.27. The Balaban J connectivity index is 1.73. The van der Waals surface area contributed by atoms with E-state index in [1.165, 1.54) is 0 Å². The minimum Gasteiger partial charge on any atom is -0.378 e. The van der Waals surface area contributed by atoms with Crippen LogP contribution in [0.3, 0.4) is 0 Å². The van der Waals surface area contributed by atoms with E-state index in [0.717, 1.165) is 35.9 Å². The summed E-state index contributed by atoms with van der Waals surface area (Å²) in [6, 6.07) is 19.7. The van der Waals surface area contributed by atoms with Crippen LogP contribution in [0.1, 0.15) is 0 Å². The molecule has 132 valence electrons. The molecule has 0 bridgehead atoms. The van der Waals surface area contributed by atoms with Gasteiger partial charge in [0.1, 0.15) is 5.82 Å². The molecule has 0 aliphatic carbocycles. The normalized spacial score (nSPS) is 14.3. The number of hydrogen-bond acceptors (Lipinski definition) is 5. The molecule has 0 amide bonds. The monoisotopic (exact) mass is 366 g/mol. The van der Waals surface area contributed by atoms with Gasteiger partial charge in [-0.15, -0.1) is 0 Å². The summed E-state index contributed by atoms with van der Waals surface area (Å²) < 4.78 is 5.46. The van der Waals surface area contributed by atoms with Crippen molar-refractivity contribution in [3.8, 4) is 11.3 Å². The average molecular weight is 367 g/mol. The lowest BCUT2D eigenvalue weighted by atomic mass is 10.1. The molecule has 1 fully saturated rings. The number of halogens is 1. The second-order valence-electron chi connectivity index (χ2n) is 6.01. The van der Waals surface area contributed by atoms with Crippen LogP contribution < -0.4 is 10.2 Å². The summed E-state index contributed by atoms with van der Waals surface area (Å²) in [7, 11) is 0. The maximum Gasteiger partial charge on any atom is 0.229 e. The number of rotatable bonds is 4. The van der Waals surface area contributed by atoms with Crippen molar-refractivity contribution in [2.24, 2.45) is 0 Å². The summed E-state index contributed by atoms with van der Waals surface area (Å²) in [6.45, 7) is 3.05. The quantitative estimate of drug-likeness (QED) is 0.742. The summed E-state index contributed by atoms with van der Waals surface area (Å²) in [5.41, 5.74) is 2.70. The predicted octanol–water partition coefficient (Wildman–Crippen LogP) is 4.38. The molecule has 1 aliphatic rings. The Kier molecular flexibility index (Phi) is 5.00. The van der Waals surface area contributed by atoms with E-state index in [4.69, 9.17) is 26.3 Å². The van der Waals surface area contributed by atoms with E-state index < -0.39 is 0 Å². The molecule has 1 N–H and O–H groups in total. The van der Waals surface area contributed by atoms with Crippen molar-refractivity contribution < 1.29 is 4.74 Å². The van der Waals surface area contributed by atoms with Crippen molar-refractivity contribution in [3.63, 3.8) is 0 Å². The minimum atomic E-state index is 0.529. The first-order valence-electron chi connectivity index (χ1n) is 8.58. The van der Waals surface area contributed by atoms with Crippen LogP contribution in [0.2, 0.25) is 5.02 Å². The molecule has 1 saturated heterocycles. The Bertz CT molecular complexity index is 882. The van der Waals surface area contributed by atoms with Crippen molar-refractivity contribution in [2.45, 2.75) is 0 Å². The lowest BCUT2D eigenvalue weighted by Gasteiger charge is -2.28. The van der Waals surface area contributed by atoms with Crippen molar-refractivity contribution in [3.05, 3.63) is 65.7 Å². The van der Waals surface area contributed by atoms with Crippen molar-refractivity contribution in [1.82, 2.24) is 9.97 Å². The van der Waals surface area contributed by atoms with Gasteiger partial charge in [0.05, 0.1) is 29.6 Å². The van der Waals surface area contributed by atoms with Gasteiger partial charge in [-0.3, -0.25) is 0 Å². The Morgan fingerprint density at radius 1 is 0.923 bits per heavy atom. The molecule has 6 heteroatoms. The predicted molar refractivity (Wildman–Crippen MR) is 105 cm³/mol.